The van der Waals surface area contributed by atoms with Crippen molar-refractivity contribution >= 4 is 21.4 Å². The summed E-state index contributed by atoms with van der Waals surface area (Å²) >= 11 is 1.59. The van der Waals surface area contributed by atoms with Crippen LogP contribution in [-0.4, -0.2) is 48.2 Å². The maximum atomic E-state index is 12.7. The van der Waals surface area contributed by atoms with Crippen LogP contribution in [0.3, 0.4) is 0 Å². The highest BCUT2D eigenvalue weighted by atomic mass is 32.2. The number of rotatable bonds is 8. The summed E-state index contributed by atoms with van der Waals surface area (Å²) in [5.74, 6) is 0.786. The SMILES string of the molecule is COc1ccc(S(=O)(=O)NC[C@@H](c2ccsc2)N(C)C)c(OC)c1. The molecule has 0 bridgehead atoms. The molecule has 1 aromatic heterocycles. The van der Waals surface area contributed by atoms with Crippen LogP contribution in [0.25, 0.3) is 0 Å². The predicted molar refractivity (Wildman–Crippen MR) is 95.5 cm³/mol. The molecule has 0 radical (unpaired) electrons. The number of nitrogens with zero attached hydrogens (tertiary/aromatic N) is 1. The van der Waals surface area contributed by atoms with Gasteiger partial charge in [-0.1, -0.05) is 0 Å². The first-order valence-electron chi connectivity index (χ1n) is 7.29. The second-order valence-corrected chi connectivity index (χ2v) is 7.92. The van der Waals surface area contributed by atoms with Crippen molar-refractivity contribution in [2.75, 3.05) is 34.9 Å². The molecule has 1 N–H and O–H groups in total. The first kappa shape index (κ1) is 18.7. The number of hydrogen-bond donors (Lipinski definition) is 1. The van der Waals surface area contributed by atoms with Crippen LogP contribution < -0.4 is 14.2 Å². The first-order valence-corrected chi connectivity index (χ1v) is 9.72. The van der Waals surface area contributed by atoms with E-state index in [1.807, 2.05) is 35.8 Å². The summed E-state index contributed by atoms with van der Waals surface area (Å²) in [6, 6.07) is 6.58. The van der Waals surface area contributed by atoms with Crippen LogP contribution in [0.2, 0.25) is 0 Å². The summed E-state index contributed by atoms with van der Waals surface area (Å²) in [5.41, 5.74) is 1.08. The molecule has 0 fully saturated rings. The van der Waals surface area contributed by atoms with Crippen molar-refractivity contribution in [3.63, 3.8) is 0 Å². The third-order valence-corrected chi connectivity index (χ3v) is 5.84. The van der Waals surface area contributed by atoms with E-state index in [2.05, 4.69) is 4.72 Å². The quantitative estimate of drug-likeness (QED) is 0.773. The van der Waals surface area contributed by atoms with Crippen LogP contribution in [0.1, 0.15) is 11.6 Å². The van der Waals surface area contributed by atoms with E-state index in [0.29, 0.717) is 5.75 Å². The van der Waals surface area contributed by atoms with Crippen molar-refractivity contribution in [1.82, 2.24) is 9.62 Å². The molecule has 1 heterocycles. The van der Waals surface area contributed by atoms with E-state index in [9.17, 15) is 8.42 Å². The second-order valence-electron chi connectivity index (χ2n) is 5.40. The first-order chi connectivity index (χ1) is 11.4. The number of ether oxygens (including phenoxy) is 2. The molecule has 2 aromatic rings. The molecule has 8 heteroatoms. The molecule has 24 heavy (non-hydrogen) atoms. The molecule has 0 amide bonds. The molecule has 0 aliphatic rings. The van der Waals surface area contributed by atoms with Gasteiger partial charge in [-0.15, -0.1) is 0 Å². The minimum atomic E-state index is -3.70. The zero-order valence-electron chi connectivity index (χ0n) is 14.1. The Labute approximate surface area is 147 Å². The number of methoxy groups -OCH3 is 2. The van der Waals surface area contributed by atoms with Gasteiger partial charge < -0.3 is 14.4 Å². The van der Waals surface area contributed by atoms with Gasteiger partial charge in [-0.3, -0.25) is 0 Å². The van der Waals surface area contributed by atoms with Crippen LogP contribution in [0.4, 0.5) is 0 Å². The molecule has 132 valence electrons. The summed E-state index contributed by atoms with van der Waals surface area (Å²) < 4.78 is 38.3. The standard InChI is InChI=1S/C16H22N2O4S2/c1-18(2)14(12-7-8-23-11-12)10-17-24(19,20)16-6-5-13(21-3)9-15(16)22-4/h5-9,11,14,17H,10H2,1-4H3/t14-/m0/s1. The number of nitrogens with one attached hydrogen (secondary N) is 1. The molecule has 0 saturated heterocycles. The maximum Gasteiger partial charge on any atom is 0.244 e. The number of thiophene rings is 1. The lowest BCUT2D eigenvalue weighted by Crippen LogP contribution is -2.34. The van der Waals surface area contributed by atoms with Crippen LogP contribution in [0.5, 0.6) is 11.5 Å². The number of benzene rings is 1. The summed E-state index contributed by atoms with van der Waals surface area (Å²) in [4.78, 5) is 2.07. The smallest absolute Gasteiger partial charge is 0.244 e. The van der Waals surface area contributed by atoms with Crippen LogP contribution in [-0.2, 0) is 10.0 Å². The number of likely N-dealkylation sites (N-methyl/N-ethyl adjacent to an activating group) is 1. The van der Waals surface area contributed by atoms with Gasteiger partial charge in [0.15, 0.2) is 0 Å². The fraction of sp³-hybridized carbons (Fsp3) is 0.375. The van der Waals surface area contributed by atoms with E-state index in [4.69, 9.17) is 9.47 Å². The Hall–Kier alpha value is -1.61. The van der Waals surface area contributed by atoms with E-state index < -0.39 is 10.0 Å². The molecule has 0 aliphatic carbocycles. The Morgan fingerprint density at radius 1 is 1.21 bits per heavy atom. The lowest BCUT2D eigenvalue weighted by molar-refractivity contribution is 0.300. The van der Waals surface area contributed by atoms with Gasteiger partial charge in [-0.25, -0.2) is 13.1 Å². The van der Waals surface area contributed by atoms with E-state index in [0.717, 1.165) is 5.56 Å². The molecule has 6 nitrogen and oxygen atoms in total. The van der Waals surface area contributed by atoms with Crippen LogP contribution in [0.15, 0.2) is 39.9 Å². The third-order valence-electron chi connectivity index (χ3n) is 3.68. The zero-order valence-corrected chi connectivity index (χ0v) is 15.8. The summed E-state index contributed by atoms with van der Waals surface area (Å²) in [5, 5.41) is 4.00. The summed E-state index contributed by atoms with van der Waals surface area (Å²) in [6.45, 7) is 0.265. The number of sulfonamides is 1. The Bertz CT molecular complexity index is 758. The van der Waals surface area contributed by atoms with Crippen LogP contribution >= 0.6 is 11.3 Å². The molecular weight excluding hydrogens is 348 g/mol. The third kappa shape index (κ3) is 4.27. The van der Waals surface area contributed by atoms with Crippen LogP contribution in [0, 0.1) is 0 Å². The Kier molecular flexibility index (Phi) is 6.22. The van der Waals surface area contributed by atoms with E-state index in [1.165, 1.54) is 20.3 Å². The largest absolute Gasteiger partial charge is 0.497 e. The van der Waals surface area contributed by atoms with Gasteiger partial charge in [-0.2, -0.15) is 11.3 Å². The van der Waals surface area contributed by atoms with Gasteiger partial charge in [0.25, 0.3) is 0 Å². The maximum absolute atomic E-state index is 12.7. The van der Waals surface area contributed by atoms with Gasteiger partial charge in [0.1, 0.15) is 16.4 Å². The highest BCUT2D eigenvalue weighted by Crippen LogP contribution is 2.28. The second kappa shape index (κ2) is 7.98. The summed E-state index contributed by atoms with van der Waals surface area (Å²) in [6.07, 6.45) is 0. The fourth-order valence-corrected chi connectivity index (χ4v) is 4.22. The fourth-order valence-electron chi connectivity index (χ4n) is 2.33. The minimum Gasteiger partial charge on any atom is -0.497 e. The number of hydrogen-bond acceptors (Lipinski definition) is 6. The molecule has 0 spiro atoms. The van der Waals surface area contributed by atoms with Crippen molar-refractivity contribution < 1.29 is 17.9 Å². The van der Waals surface area contributed by atoms with Crippen molar-refractivity contribution in [3.05, 3.63) is 40.6 Å². The average molecular weight is 370 g/mol. The minimum absolute atomic E-state index is 0.0460. The molecular formula is C16H22N2O4S2. The highest BCUT2D eigenvalue weighted by molar-refractivity contribution is 7.89. The molecule has 2 rings (SSSR count). The van der Waals surface area contributed by atoms with Crippen molar-refractivity contribution in [1.29, 1.82) is 0 Å². The zero-order chi connectivity index (χ0) is 17.7. The van der Waals surface area contributed by atoms with Gasteiger partial charge >= 0.3 is 0 Å². The average Bonchev–Trinajstić information content (AvgIpc) is 3.08. The Morgan fingerprint density at radius 2 is 1.96 bits per heavy atom. The Morgan fingerprint density at radius 3 is 2.50 bits per heavy atom. The van der Waals surface area contributed by atoms with E-state index in [1.54, 1.807) is 23.5 Å². The van der Waals surface area contributed by atoms with Gasteiger partial charge in [-0.05, 0) is 48.6 Å². The van der Waals surface area contributed by atoms with Gasteiger partial charge in [0.2, 0.25) is 10.0 Å². The predicted octanol–water partition coefficient (Wildman–Crippen LogP) is 2.35. The van der Waals surface area contributed by atoms with E-state index in [-0.39, 0.29) is 23.2 Å². The van der Waals surface area contributed by atoms with Crippen molar-refractivity contribution in [3.8, 4) is 11.5 Å². The molecule has 0 saturated carbocycles. The molecule has 0 aliphatic heterocycles. The van der Waals surface area contributed by atoms with Crippen molar-refractivity contribution in [2.24, 2.45) is 0 Å². The Balaban J connectivity index is 2.22. The molecule has 0 unspecified atom stereocenters. The normalized spacial score (nSPS) is 13.0. The topological polar surface area (TPSA) is 67.9 Å². The monoisotopic (exact) mass is 370 g/mol. The van der Waals surface area contributed by atoms with Crippen molar-refractivity contribution in [2.45, 2.75) is 10.9 Å². The van der Waals surface area contributed by atoms with Gasteiger partial charge in [0, 0.05) is 18.7 Å². The lowest BCUT2D eigenvalue weighted by atomic mass is 10.1. The summed E-state index contributed by atoms with van der Waals surface area (Å²) in [7, 11) is 3.09. The highest BCUT2D eigenvalue weighted by Gasteiger charge is 2.23. The molecule has 1 aromatic carbocycles. The van der Waals surface area contributed by atoms with E-state index >= 15 is 0 Å². The lowest BCUT2D eigenvalue weighted by Gasteiger charge is -2.24. The molecule has 1 atom stereocenters. The van der Waals surface area contributed by atoms with Gasteiger partial charge in [0.05, 0.1) is 14.2 Å².